The van der Waals surface area contributed by atoms with Crippen LogP contribution in [0.3, 0.4) is 0 Å². The zero-order chi connectivity index (χ0) is 15.5. The number of ether oxygens (including phenoxy) is 1. The highest BCUT2D eigenvalue weighted by Gasteiger charge is 2.12. The van der Waals surface area contributed by atoms with Crippen molar-refractivity contribution in [2.45, 2.75) is 17.9 Å². The Kier molecular flexibility index (Phi) is 4.39. The monoisotopic (exact) mass is 308 g/mol. The Morgan fingerprint density at radius 2 is 2.10 bits per heavy atom. The Hall–Kier alpha value is -2.19. The van der Waals surface area contributed by atoms with Gasteiger partial charge in [0, 0.05) is 12.3 Å². The summed E-state index contributed by atoms with van der Waals surface area (Å²) < 4.78 is 27.8. The van der Waals surface area contributed by atoms with Crippen LogP contribution in [0.5, 0.6) is 5.88 Å². The van der Waals surface area contributed by atoms with Crippen LogP contribution in [-0.4, -0.2) is 25.5 Å². The summed E-state index contributed by atoms with van der Waals surface area (Å²) >= 11 is 0. The lowest BCUT2D eigenvalue weighted by molar-refractivity contribution is 0.397. The summed E-state index contributed by atoms with van der Waals surface area (Å²) in [6.45, 7) is 1.87. The van der Waals surface area contributed by atoms with Crippen LogP contribution in [0.25, 0.3) is 0 Å². The van der Waals surface area contributed by atoms with Gasteiger partial charge in [-0.25, -0.2) is 18.5 Å². The molecule has 0 bridgehead atoms. The van der Waals surface area contributed by atoms with Gasteiger partial charge in [0.2, 0.25) is 21.9 Å². The Balaban J connectivity index is 2.22. The molecule has 0 aliphatic carbocycles. The van der Waals surface area contributed by atoms with Gasteiger partial charge >= 0.3 is 0 Å². The molecule has 0 aliphatic rings. The molecule has 7 nitrogen and oxygen atoms in total. The molecule has 1 aromatic heterocycles. The van der Waals surface area contributed by atoms with Crippen molar-refractivity contribution in [1.82, 2.24) is 9.97 Å². The first kappa shape index (κ1) is 15.2. The summed E-state index contributed by atoms with van der Waals surface area (Å²) in [4.78, 5) is 8.29. The lowest BCUT2D eigenvalue weighted by Crippen LogP contribution is -2.14. The molecule has 1 aromatic carbocycles. The van der Waals surface area contributed by atoms with Crippen LogP contribution < -0.4 is 15.2 Å². The van der Waals surface area contributed by atoms with E-state index < -0.39 is 10.0 Å². The van der Waals surface area contributed by atoms with Crippen molar-refractivity contribution in [1.29, 1.82) is 0 Å². The Labute approximate surface area is 123 Å². The fraction of sp³-hybridized carbons (Fsp3) is 0.231. The van der Waals surface area contributed by atoms with Crippen molar-refractivity contribution >= 4 is 16.0 Å². The van der Waals surface area contributed by atoms with Crippen LogP contribution in [0.4, 0.5) is 5.95 Å². The van der Waals surface area contributed by atoms with Gasteiger partial charge in [0.05, 0.1) is 18.0 Å². The maximum Gasteiger partial charge on any atom is 0.238 e. The highest BCUT2D eigenvalue weighted by Crippen LogP contribution is 2.20. The van der Waals surface area contributed by atoms with Crippen molar-refractivity contribution in [3.05, 3.63) is 42.1 Å². The van der Waals surface area contributed by atoms with Crippen molar-refractivity contribution in [3.8, 4) is 5.88 Å². The summed E-state index contributed by atoms with van der Waals surface area (Å²) in [7, 11) is -2.20. The molecule has 0 amide bonds. The van der Waals surface area contributed by atoms with Crippen molar-refractivity contribution in [2.24, 2.45) is 5.14 Å². The molecule has 0 fully saturated rings. The Bertz CT molecular complexity index is 734. The van der Waals surface area contributed by atoms with Gasteiger partial charge in [-0.15, -0.1) is 0 Å². The third-order valence-corrected chi connectivity index (χ3v) is 3.78. The quantitative estimate of drug-likeness (QED) is 0.862. The standard InChI is InChI=1S/C13H16N4O3S/c1-9(16-13-15-7-6-12(17-13)20-2)10-4-3-5-11(8-10)21(14,18)19/h3-9H,1-2H3,(H2,14,18,19)(H,15,16,17). The van der Waals surface area contributed by atoms with E-state index in [-0.39, 0.29) is 10.9 Å². The molecule has 0 spiro atoms. The van der Waals surface area contributed by atoms with Crippen molar-refractivity contribution in [2.75, 3.05) is 12.4 Å². The van der Waals surface area contributed by atoms with Crippen LogP contribution in [0.1, 0.15) is 18.5 Å². The number of hydrogen-bond acceptors (Lipinski definition) is 6. The second-order valence-corrected chi connectivity index (χ2v) is 5.97. The van der Waals surface area contributed by atoms with Crippen LogP contribution in [-0.2, 0) is 10.0 Å². The zero-order valence-corrected chi connectivity index (χ0v) is 12.5. The van der Waals surface area contributed by atoms with Crippen LogP contribution >= 0.6 is 0 Å². The number of hydrogen-bond donors (Lipinski definition) is 2. The number of sulfonamides is 1. The van der Waals surface area contributed by atoms with Crippen LogP contribution in [0.15, 0.2) is 41.4 Å². The Morgan fingerprint density at radius 3 is 2.76 bits per heavy atom. The number of benzene rings is 1. The molecule has 2 rings (SSSR count). The number of anilines is 1. The van der Waals surface area contributed by atoms with E-state index in [9.17, 15) is 8.42 Å². The predicted molar refractivity (Wildman–Crippen MR) is 78.4 cm³/mol. The summed E-state index contributed by atoms with van der Waals surface area (Å²) in [5, 5.41) is 8.20. The number of nitrogens with one attached hydrogen (secondary N) is 1. The minimum absolute atomic E-state index is 0.0696. The molecule has 1 atom stereocenters. The van der Waals surface area contributed by atoms with Gasteiger partial charge in [-0.05, 0) is 24.6 Å². The van der Waals surface area contributed by atoms with Crippen molar-refractivity contribution in [3.63, 3.8) is 0 Å². The maximum atomic E-state index is 11.4. The van der Waals surface area contributed by atoms with Crippen LogP contribution in [0, 0.1) is 0 Å². The van der Waals surface area contributed by atoms with E-state index in [1.54, 1.807) is 24.4 Å². The van der Waals surface area contributed by atoms with Gasteiger partial charge in [-0.2, -0.15) is 4.98 Å². The minimum atomic E-state index is -3.72. The predicted octanol–water partition coefficient (Wildman–Crippen LogP) is 1.31. The normalized spacial score (nSPS) is 12.7. The molecule has 0 aliphatic heterocycles. The highest BCUT2D eigenvalue weighted by molar-refractivity contribution is 7.89. The maximum absolute atomic E-state index is 11.4. The second-order valence-electron chi connectivity index (χ2n) is 4.41. The van der Waals surface area contributed by atoms with Gasteiger partial charge in [-0.1, -0.05) is 12.1 Å². The lowest BCUT2D eigenvalue weighted by atomic mass is 10.1. The van der Waals surface area contributed by atoms with E-state index >= 15 is 0 Å². The fourth-order valence-electron chi connectivity index (χ4n) is 1.76. The minimum Gasteiger partial charge on any atom is -0.481 e. The average Bonchev–Trinajstić information content (AvgIpc) is 2.46. The average molecular weight is 308 g/mol. The van der Waals surface area contributed by atoms with E-state index in [0.29, 0.717) is 11.8 Å². The highest BCUT2D eigenvalue weighted by atomic mass is 32.2. The molecule has 2 aromatic rings. The first-order chi connectivity index (χ1) is 9.90. The van der Waals surface area contributed by atoms with Crippen LogP contribution in [0.2, 0.25) is 0 Å². The van der Waals surface area contributed by atoms with Gasteiger partial charge < -0.3 is 10.1 Å². The molecule has 21 heavy (non-hydrogen) atoms. The molecule has 0 radical (unpaired) electrons. The van der Waals surface area contributed by atoms with Gasteiger partial charge in [0.15, 0.2) is 0 Å². The van der Waals surface area contributed by atoms with Crippen molar-refractivity contribution < 1.29 is 13.2 Å². The largest absolute Gasteiger partial charge is 0.481 e. The zero-order valence-electron chi connectivity index (χ0n) is 11.6. The molecule has 8 heteroatoms. The smallest absolute Gasteiger partial charge is 0.238 e. The lowest BCUT2D eigenvalue weighted by Gasteiger charge is -2.15. The van der Waals surface area contributed by atoms with E-state index in [0.717, 1.165) is 5.56 Å². The van der Waals surface area contributed by atoms with Gasteiger partial charge in [0.25, 0.3) is 0 Å². The molecular weight excluding hydrogens is 292 g/mol. The first-order valence-corrected chi connectivity index (χ1v) is 7.71. The summed E-state index contributed by atoms with van der Waals surface area (Å²) in [6, 6.07) is 7.85. The van der Waals surface area contributed by atoms with E-state index in [1.807, 2.05) is 6.92 Å². The van der Waals surface area contributed by atoms with Gasteiger partial charge in [-0.3, -0.25) is 0 Å². The summed E-state index contributed by atoms with van der Waals surface area (Å²) in [5.41, 5.74) is 0.757. The number of aromatic nitrogens is 2. The van der Waals surface area contributed by atoms with E-state index in [2.05, 4.69) is 15.3 Å². The summed E-state index contributed by atoms with van der Waals surface area (Å²) in [5.74, 6) is 0.834. The number of methoxy groups -OCH3 is 1. The topological polar surface area (TPSA) is 107 Å². The molecule has 0 saturated carbocycles. The molecular formula is C13H16N4O3S. The van der Waals surface area contributed by atoms with Gasteiger partial charge in [0.1, 0.15) is 0 Å². The molecule has 1 unspecified atom stereocenters. The third kappa shape index (κ3) is 3.89. The number of rotatable bonds is 5. The first-order valence-electron chi connectivity index (χ1n) is 6.16. The molecule has 1 heterocycles. The molecule has 3 N–H and O–H groups in total. The summed E-state index contributed by atoms with van der Waals surface area (Å²) in [6.07, 6.45) is 1.57. The Morgan fingerprint density at radius 1 is 1.33 bits per heavy atom. The van der Waals surface area contributed by atoms with E-state index in [1.165, 1.54) is 19.2 Å². The fourth-order valence-corrected chi connectivity index (χ4v) is 2.33. The number of primary sulfonamides is 1. The third-order valence-electron chi connectivity index (χ3n) is 2.87. The molecule has 0 saturated heterocycles. The molecule has 112 valence electrons. The number of nitrogens with zero attached hydrogens (tertiary/aromatic N) is 2. The number of nitrogens with two attached hydrogens (primary N) is 1. The van der Waals surface area contributed by atoms with E-state index in [4.69, 9.17) is 9.88 Å². The SMILES string of the molecule is COc1ccnc(NC(C)c2cccc(S(N)(=O)=O)c2)n1. The second kappa shape index (κ2) is 6.06.